The predicted octanol–water partition coefficient (Wildman–Crippen LogP) is 3.94. The van der Waals surface area contributed by atoms with Crippen molar-refractivity contribution in [2.75, 3.05) is 36.8 Å². The number of halogens is 1. The van der Waals surface area contributed by atoms with Crippen LogP contribution in [0.2, 0.25) is 0 Å². The molecule has 2 aromatic rings. The molecule has 0 bridgehead atoms. The number of hydrogen-bond donors (Lipinski definition) is 1. The summed E-state index contributed by atoms with van der Waals surface area (Å²) in [4.78, 5) is 16.9. The second kappa shape index (κ2) is 8.53. The van der Waals surface area contributed by atoms with Crippen LogP contribution >= 0.6 is 15.9 Å². The summed E-state index contributed by atoms with van der Waals surface area (Å²) in [6.07, 6.45) is 3.13. The van der Waals surface area contributed by atoms with E-state index >= 15 is 0 Å². The van der Waals surface area contributed by atoms with Crippen LogP contribution in [-0.4, -0.2) is 46.4 Å². The molecule has 2 aromatic carbocycles. The van der Waals surface area contributed by atoms with Gasteiger partial charge in [-0.2, -0.15) is 0 Å². The zero-order valence-electron chi connectivity index (χ0n) is 16.0. The minimum absolute atomic E-state index is 0.0620. The highest BCUT2D eigenvalue weighted by atomic mass is 79.9. The number of amides is 1. The number of piperidine rings is 1. The van der Waals surface area contributed by atoms with E-state index in [4.69, 9.17) is 0 Å². The van der Waals surface area contributed by atoms with Gasteiger partial charge in [-0.05, 0) is 61.7 Å². The van der Waals surface area contributed by atoms with Crippen LogP contribution < -0.4 is 9.62 Å². The first-order valence-corrected chi connectivity index (χ1v) is 11.4. The molecule has 6 nitrogen and oxygen atoms in total. The summed E-state index contributed by atoms with van der Waals surface area (Å²) < 4.78 is 28.8. The number of likely N-dealkylation sites (tertiary alicyclic amines) is 1. The fourth-order valence-electron chi connectivity index (χ4n) is 3.26. The van der Waals surface area contributed by atoms with Gasteiger partial charge in [0.1, 0.15) is 0 Å². The highest BCUT2D eigenvalue weighted by molar-refractivity contribution is 9.10. The van der Waals surface area contributed by atoms with Gasteiger partial charge >= 0.3 is 0 Å². The van der Waals surface area contributed by atoms with E-state index in [1.54, 1.807) is 30.3 Å². The van der Waals surface area contributed by atoms with Gasteiger partial charge in [0.05, 0.1) is 10.5 Å². The Kier molecular flexibility index (Phi) is 6.30. The molecule has 0 aliphatic carbocycles. The molecule has 1 aliphatic rings. The van der Waals surface area contributed by atoms with Crippen molar-refractivity contribution < 1.29 is 13.2 Å². The lowest BCUT2D eigenvalue weighted by molar-refractivity contribution is 0.0725. The van der Waals surface area contributed by atoms with Crippen LogP contribution in [0, 0.1) is 0 Å². The lowest BCUT2D eigenvalue weighted by atomic mass is 10.1. The van der Waals surface area contributed by atoms with Gasteiger partial charge in [-0.15, -0.1) is 0 Å². The van der Waals surface area contributed by atoms with E-state index in [1.165, 1.54) is 12.1 Å². The molecule has 1 heterocycles. The van der Waals surface area contributed by atoms with Crippen LogP contribution in [0.4, 0.5) is 11.4 Å². The van der Waals surface area contributed by atoms with Crippen LogP contribution in [0.25, 0.3) is 0 Å². The van der Waals surface area contributed by atoms with Crippen molar-refractivity contribution in [2.45, 2.75) is 24.2 Å². The Morgan fingerprint density at radius 3 is 2.29 bits per heavy atom. The summed E-state index contributed by atoms with van der Waals surface area (Å²) in [7, 11) is -0.00178. The first-order valence-electron chi connectivity index (χ1n) is 9.17. The maximum atomic E-state index is 13.1. The van der Waals surface area contributed by atoms with Crippen molar-refractivity contribution in [3.05, 3.63) is 52.5 Å². The van der Waals surface area contributed by atoms with Crippen LogP contribution in [0.1, 0.15) is 29.6 Å². The minimum atomic E-state index is -3.74. The predicted molar refractivity (Wildman–Crippen MR) is 115 cm³/mol. The number of carbonyl (C=O) groups is 1. The standard InChI is InChI=1S/C20H24BrN3O3S/c1-23(2)19-11-8-16(14-18(19)20(25)24-12-4-3-5-13-24)22-28(26,27)17-9-6-15(21)7-10-17/h6-11,14,22H,3-5,12-13H2,1-2H3. The fourth-order valence-corrected chi connectivity index (χ4v) is 4.57. The highest BCUT2D eigenvalue weighted by Gasteiger charge is 2.23. The monoisotopic (exact) mass is 465 g/mol. The second-order valence-electron chi connectivity index (χ2n) is 7.04. The quantitative estimate of drug-likeness (QED) is 0.725. The summed E-state index contributed by atoms with van der Waals surface area (Å²) in [5, 5.41) is 0. The number of hydrogen-bond acceptors (Lipinski definition) is 4. The highest BCUT2D eigenvalue weighted by Crippen LogP contribution is 2.27. The number of anilines is 2. The van der Waals surface area contributed by atoms with Crippen LogP contribution in [0.5, 0.6) is 0 Å². The molecule has 0 unspecified atom stereocenters. The van der Waals surface area contributed by atoms with Crippen molar-refractivity contribution >= 4 is 43.2 Å². The van der Waals surface area contributed by atoms with Gasteiger partial charge in [-0.25, -0.2) is 8.42 Å². The summed E-state index contributed by atoms with van der Waals surface area (Å²) in [6, 6.07) is 11.5. The molecule has 28 heavy (non-hydrogen) atoms. The van der Waals surface area contributed by atoms with Crippen LogP contribution in [-0.2, 0) is 10.0 Å². The summed E-state index contributed by atoms with van der Waals surface area (Å²) in [5.74, 6) is -0.0620. The maximum Gasteiger partial charge on any atom is 0.261 e. The van der Waals surface area contributed by atoms with Gasteiger partial charge in [0.2, 0.25) is 0 Å². The van der Waals surface area contributed by atoms with Gasteiger partial charge in [-0.3, -0.25) is 9.52 Å². The molecule has 1 N–H and O–H groups in total. The SMILES string of the molecule is CN(C)c1ccc(NS(=O)(=O)c2ccc(Br)cc2)cc1C(=O)N1CCCCC1. The van der Waals surface area contributed by atoms with Crippen molar-refractivity contribution in [1.29, 1.82) is 0 Å². The van der Waals surface area contributed by atoms with Crippen LogP contribution in [0.15, 0.2) is 51.8 Å². The summed E-state index contributed by atoms with van der Waals surface area (Å²) in [5.41, 5.74) is 1.64. The Morgan fingerprint density at radius 1 is 1.04 bits per heavy atom. The lowest BCUT2D eigenvalue weighted by Crippen LogP contribution is -2.36. The van der Waals surface area contributed by atoms with E-state index < -0.39 is 10.0 Å². The zero-order chi connectivity index (χ0) is 20.3. The molecule has 0 saturated carbocycles. The normalized spacial score (nSPS) is 14.6. The third-order valence-corrected chi connectivity index (χ3v) is 6.65. The third-order valence-electron chi connectivity index (χ3n) is 4.73. The molecule has 1 amide bonds. The van der Waals surface area contributed by atoms with Crippen molar-refractivity contribution in [1.82, 2.24) is 4.90 Å². The average molecular weight is 466 g/mol. The molecule has 0 aromatic heterocycles. The topological polar surface area (TPSA) is 69.7 Å². The molecule has 0 radical (unpaired) electrons. The zero-order valence-corrected chi connectivity index (χ0v) is 18.4. The number of benzene rings is 2. The third kappa shape index (κ3) is 4.67. The van der Waals surface area contributed by atoms with E-state index in [0.717, 1.165) is 42.5 Å². The molecule has 3 rings (SSSR count). The first kappa shape index (κ1) is 20.7. The number of nitrogens with one attached hydrogen (secondary N) is 1. The van der Waals surface area contributed by atoms with Gasteiger partial charge in [0.15, 0.2) is 0 Å². The van der Waals surface area contributed by atoms with E-state index in [2.05, 4.69) is 20.7 Å². The fraction of sp³-hybridized carbons (Fsp3) is 0.350. The molecule has 150 valence electrons. The molecule has 1 aliphatic heterocycles. The summed E-state index contributed by atoms with van der Waals surface area (Å²) >= 11 is 3.30. The Balaban J connectivity index is 1.92. The maximum absolute atomic E-state index is 13.1. The Bertz CT molecular complexity index is 953. The van der Waals surface area contributed by atoms with Crippen molar-refractivity contribution in [2.24, 2.45) is 0 Å². The number of carbonyl (C=O) groups excluding carboxylic acids is 1. The second-order valence-corrected chi connectivity index (χ2v) is 9.64. The van der Waals surface area contributed by atoms with E-state index in [0.29, 0.717) is 11.3 Å². The molecule has 0 atom stereocenters. The number of rotatable bonds is 5. The van der Waals surface area contributed by atoms with Gasteiger partial charge in [0, 0.05) is 43.0 Å². The van der Waals surface area contributed by atoms with Crippen molar-refractivity contribution in [3.63, 3.8) is 0 Å². The molecule has 1 fully saturated rings. The van der Waals surface area contributed by atoms with Crippen LogP contribution in [0.3, 0.4) is 0 Å². The lowest BCUT2D eigenvalue weighted by Gasteiger charge is -2.28. The smallest absolute Gasteiger partial charge is 0.261 e. The Hall–Kier alpha value is -2.06. The van der Waals surface area contributed by atoms with Crippen molar-refractivity contribution in [3.8, 4) is 0 Å². The molecule has 1 saturated heterocycles. The number of sulfonamides is 1. The minimum Gasteiger partial charge on any atom is -0.377 e. The summed E-state index contributed by atoms with van der Waals surface area (Å²) in [6.45, 7) is 1.47. The molecular formula is C20H24BrN3O3S. The number of nitrogens with zero attached hydrogens (tertiary/aromatic N) is 2. The van der Waals surface area contributed by atoms with Gasteiger partial charge in [-0.1, -0.05) is 15.9 Å². The Morgan fingerprint density at radius 2 is 1.68 bits per heavy atom. The van der Waals surface area contributed by atoms with Gasteiger partial charge < -0.3 is 9.80 Å². The van der Waals surface area contributed by atoms with Gasteiger partial charge in [0.25, 0.3) is 15.9 Å². The average Bonchev–Trinajstić information content (AvgIpc) is 2.68. The van der Waals surface area contributed by atoms with E-state index in [9.17, 15) is 13.2 Å². The van der Waals surface area contributed by atoms with E-state index in [-0.39, 0.29) is 10.8 Å². The largest absolute Gasteiger partial charge is 0.377 e. The van der Waals surface area contributed by atoms with E-state index in [1.807, 2.05) is 23.9 Å². The molecule has 0 spiro atoms. The first-order chi connectivity index (χ1) is 13.3. The molecule has 8 heteroatoms. The Labute approximate surface area is 174 Å². The molecular weight excluding hydrogens is 442 g/mol.